The molecule has 0 unspecified atom stereocenters. The summed E-state index contributed by atoms with van der Waals surface area (Å²) in [5.74, 6) is 0.393. The van der Waals surface area contributed by atoms with Crippen molar-refractivity contribution in [2.24, 2.45) is 0 Å². The number of unbranched alkanes of at least 4 members (excludes halogenated alkanes) is 1. The summed E-state index contributed by atoms with van der Waals surface area (Å²) in [6.45, 7) is -1.79. The molecule has 0 aliphatic rings. The van der Waals surface area contributed by atoms with Crippen molar-refractivity contribution in [1.82, 2.24) is 0 Å². The molecular weight excluding hydrogens is 183 g/mol. The van der Waals surface area contributed by atoms with Crippen LogP contribution in [0, 0.1) is 0 Å². The lowest BCUT2D eigenvalue weighted by atomic mass is 10.3. The van der Waals surface area contributed by atoms with Gasteiger partial charge in [-0.05, 0) is 17.8 Å². The van der Waals surface area contributed by atoms with Gasteiger partial charge in [-0.15, -0.1) is 0 Å². The van der Waals surface area contributed by atoms with E-state index in [1.54, 1.807) is 6.08 Å². The number of hydrogen-bond donors (Lipinski definition) is 2. The predicted octanol–water partition coefficient (Wildman–Crippen LogP) is 2.17. The molecule has 0 atom stereocenters. The third-order valence-electron chi connectivity index (χ3n) is 0.961. The minimum Gasteiger partial charge on any atom is -0.317 e. The van der Waals surface area contributed by atoms with Crippen molar-refractivity contribution in [1.29, 1.82) is 0 Å². The summed E-state index contributed by atoms with van der Waals surface area (Å²) in [4.78, 5) is 16.8. The normalized spacial score (nSPS) is 12.6. The van der Waals surface area contributed by atoms with Gasteiger partial charge in [-0.25, -0.2) is 4.57 Å². The van der Waals surface area contributed by atoms with E-state index < -0.39 is 6.80 Å². The van der Waals surface area contributed by atoms with E-state index in [4.69, 9.17) is 9.79 Å². The molecule has 0 saturated heterocycles. The standard InChI is InChI=1S/C6H13O3PS/c1-2-3-4-5-6-11-10(7,8)9/h4-5H,2-3,6H2,1H3,(H2,7,8,9). The zero-order chi connectivity index (χ0) is 8.74. The van der Waals surface area contributed by atoms with Crippen LogP contribution in [-0.2, 0) is 4.57 Å². The molecule has 5 heteroatoms. The molecule has 0 spiro atoms. The van der Waals surface area contributed by atoms with Crippen LogP contribution in [0.15, 0.2) is 12.2 Å². The van der Waals surface area contributed by atoms with E-state index in [0.29, 0.717) is 17.1 Å². The Morgan fingerprint density at radius 1 is 1.45 bits per heavy atom. The molecule has 0 bridgehead atoms. The van der Waals surface area contributed by atoms with E-state index in [0.717, 1.165) is 12.8 Å². The van der Waals surface area contributed by atoms with Crippen molar-refractivity contribution in [3.05, 3.63) is 12.2 Å². The van der Waals surface area contributed by atoms with Crippen molar-refractivity contribution in [3.63, 3.8) is 0 Å². The molecule has 0 rings (SSSR count). The minimum atomic E-state index is -3.85. The number of hydrogen-bond acceptors (Lipinski definition) is 2. The molecule has 0 aromatic heterocycles. The highest BCUT2D eigenvalue weighted by molar-refractivity contribution is 8.54. The van der Waals surface area contributed by atoms with Crippen LogP contribution in [-0.4, -0.2) is 15.5 Å². The summed E-state index contributed by atoms with van der Waals surface area (Å²) < 4.78 is 10.3. The Balaban J connectivity index is 3.34. The van der Waals surface area contributed by atoms with Gasteiger partial charge in [0.15, 0.2) is 0 Å². The van der Waals surface area contributed by atoms with Crippen LogP contribution < -0.4 is 0 Å². The van der Waals surface area contributed by atoms with Gasteiger partial charge in [0.25, 0.3) is 0 Å². The molecule has 2 N–H and O–H groups in total. The fourth-order valence-electron chi connectivity index (χ4n) is 0.493. The molecule has 11 heavy (non-hydrogen) atoms. The van der Waals surface area contributed by atoms with Crippen molar-refractivity contribution < 1.29 is 14.4 Å². The zero-order valence-electron chi connectivity index (χ0n) is 6.43. The van der Waals surface area contributed by atoms with Crippen LogP contribution in [0.4, 0.5) is 0 Å². The highest BCUT2D eigenvalue weighted by Crippen LogP contribution is 2.49. The van der Waals surface area contributed by atoms with Crippen LogP contribution in [0.25, 0.3) is 0 Å². The molecule has 0 aromatic rings. The second-order valence-corrected chi connectivity index (χ2v) is 5.82. The van der Waals surface area contributed by atoms with Gasteiger partial charge in [-0.3, -0.25) is 0 Å². The highest BCUT2D eigenvalue weighted by atomic mass is 32.7. The van der Waals surface area contributed by atoms with Crippen LogP contribution >= 0.6 is 18.2 Å². The van der Waals surface area contributed by atoms with Crippen molar-refractivity contribution >= 4 is 18.2 Å². The Bertz CT molecular complexity index is 163. The Labute approximate surface area is 70.8 Å². The second-order valence-electron chi connectivity index (χ2n) is 2.05. The summed E-state index contributed by atoms with van der Waals surface area (Å²) in [6, 6.07) is 0. The molecule has 0 aliphatic carbocycles. The number of rotatable bonds is 5. The van der Waals surface area contributed by atoms with Crippen molar-refractivity contribution in [2.75, 3.05) is 5.75 Å². The SMILES string of the molecule is CCCC=CCSP(=O)(O)O. The molecule has 0 amide bonds. The number of allylic oxidation sites excluding steroid dienone is 1. The molecule has 0 aromatic carbocycles. The van der Waals surface area contributed by atoms with E-state index in [1.165, 1.54) is 0 Å². The average Bonchev–Trinajstić information content (AvgIpc) is 1.85. The van der Waals surface area contributed by atoms with E-state index in [9.17, 15) is 4.57 Å². The van der Waals surface area contributed by atoms with Gasteiger partial charge in [0.1, 0.15) is 0 Å². The highest BCUT2D eigenvalue weighted by Gasteiger charge is 2.10. The Hall–Kier alpha value is 0.240. The summed E-state index contributed by atoms with van der Waals surface area (Å²) in [7, 11) is 0. The van der Waals surface area contributed by atoms with Crippen LogP contribution in [0.3, 0.4) is 0 Å². The first-order valence-corrected chi connectivity index (χ1v) is 6.61. The first kappa shape index (κ1) is 11.2. The Morgan fingerprint density at radius 3 is 2.55 bits per heavy atom. The van der Waals surface area contributed by atoms with Crippen molar-refractivity contribution in [3.8, 4) is 0 Å². The Kier molecular flexibility index (Phi) is 5.96. The fraction of sp³-hybridized carbons (Fsp3) is 0.667. The second kappa shape index (κ2) is 5.84. The third kappa shape index (κ3) is 10.2. The van der Waals surface area contributed by atoms with Gasteiger partial charge in [0.05, 0.1) is 0 Å². The van der Waals surface area contributed by atoms with Gasteiger partial charge in [-0.2, -0.15) is 0 Å². The summed E-state index contributed by atoms with van der Waals surface area (Å²) in [6.07, 6.45) is 5.76. The maximum atomic E-state index is 10.3. The van der Waals surface area contributed by atoms with E-state index in [1.807, 2.05) is 6.08 Å². The molecule has 0 fully saturated rings. The predicted molar refractivity (Wildman–Crippen MR) is 48.6 cm³/mol. The molecule has 0 radical (unpaired) electrons. The van der Waals surface area contributed by atoms with Crippen LogP contribution in [0.1, 0.15) is 19.8 Å². The lowest BCUT2D eigenvalue weighted by Gasteiger charge is -1.97. The maximum Gasteiger partial charge on any atom is 0.384 e. The van der Waals surface area contributed by atoms with Crippen LogP contribution in [0.2, 0.25) is 0 Å². The summed E-state index contributed by atoms with van der Waals surface area (Å²) >= 11 is 0.664. The first-order valence-electron chi connectivity index (χ1n) is 3.41. The zero-order valence-corrected chi connectivity index (χ0v) is 8.15. The lowest BCUT2D eigenvalue weighted by Crippen LogP contribution is -1.73. The van der Waals surface area contributed by atoms with Gasteiger partial charge in [0, 0.05) is 5.75 Å². The van der Waals surface area contributed by atoms with Gasteiger partial charge in [-0.1, -0.05) is 25.5 Å². The molecule has 0 saturated carbocycles. The Morgan fingerprint density at radius 2 is 2.09 bits per heavy atom. The topological polar surface area (TPSA) is 57.5 Å². The summed E-state index contributed by atoms with van der Waals surface area (Å²) in [5.41, 5.74) is 0. The van der Waals surface area contributed by atoms with E-state index in [-0.39, 0.29) is 0 Å². The minimum absolute atomic E-state index is 0.393. The molecule has 66 valence electrons. The largest absolute Gasteiger partial charge is 0.384 e. The molecule has 0 heterocycles. The van der Waals surface area contributed by atoms with Gasteiger partial charge in [0.2, 0.25) is 0 Å². The molecular formula is C6H13O3PS. The third-order valence-corrected chi connectivity index (χ3v) is 3.10. The molecule has 3 nitrogen and oxygen atoms in total. The van der Waals surface area contributed by atoms with Gasteiger partial charge >= 0.3 is 6.80 Å². The van der Waals surface area contributed by atoms with Crippen molar-refractivity contribution in [2.45, 2.75) is 19.8 Å². The summed E-state index contributed by atoms with van der Waals surface area (Å²) in [5, 5.41) is 0. The monoisotopic (exact) mass is 196 g/mol. The fourth-order valence-corrected chi connectivity index (χ4v) is 1.75. The maximum absolute atomic E-state index is 10.3. The quantitative estimate of drug-likeness (QED) is 0.522. The lowest BCUT2D eigenvalue weighted by molar-refractivity contribution is 0.397. The first-order chi connectivity index (χ1) is 5.06. The molecule has 0 aliphatic heterocycles. The average molecular weight is 196 g/mol. The smallest absolute Gasteiger partial charge is 0.317 e. The van der Waals surface area contributed by atoms with E-state index >= 15 is 0 Å². The van der Waals surface area contributed by atoms with Crippen LogP contribution in [0.5, 0.6) is 0 Å². The van der Waals surface area contributed by atoms with E-state index in [2.05, 4.69) is 6.92 Å². The van der Waals surface area contributed by atoms with Gasteiger partial charge < -0.3 is 9.79 Å².